The second-order valence-electron chi connectivity index (χ2n) is 7.91. The van der Waals surface area contributed by atoms with E-state index in [0.29, 0.717) is 16.3 Å². The second-order valence-corrected chi connectivity index (χ2v) is 8.34. The van der Waals surface area contributed by atoms with Crippen LogP contribution in [0.4, 0.5) is 0 Å². The minimum Gasteiger partial charge on any atom is -0.482 e. The lowest BCUT2D eigenvalue weighted by atomic mass is 9.96. The second kappa shape index (κ2) is 13.1. The quantitative estimate of drug-likeness (QED) is 0.363. The first kappa shape index (κ1) is 28.9. The Balaban J connectivity index is 2.29. The van der Waals surface area contributed by atoms with Crippen molar-refractivity contribution in [2.24, 2.45) is 0 Å². The zero-order valence-corrected chi connectivity index (χ0v) is 21.2. The fourth-order valence-corrected chi connectivity index (χ4v) is 3.69. The van der Waals surface area contributed by atoms with Crippen LogP contribution in [0.3, 0.4) is 0 Å². The molecule has 0 radical (unpaired) electrons. The van der Waals surface area contributed by atoms with Crippen LogP contribution in [0.25, 0.3) is 0 Å². The molecule has 0 aromatic heterocycles. The third-order valence-electron chi connectivity index (χ3n) is 4.80. The Morgan fingerprint density at radius 1 is 0.944 bits per heavy atom. The topological polar surface area (TPSA) is 153 Å². The lowest BCUT2D eigenvalue weighted by Gasteiger charge is -2.44. The third kappa shape index (κ3) is 8.68. The summed E-state index contributed by atoms with van der Waals surface area (Å²) in [4.78, 5) is 59.5. The van der Waals surface area contributed by atoms with Crippen molar-refractivity contribution in [3.05, 3.63) is 28.8 Å². The van der Waals surface area contributed by atoms with E-state index < -0.39 is 73.6 Å². The van der Waals surface area contributed by atoms with Crippen LogP contribution < -0.4 is 10.1 Å². The van der Waals surface area contributed by atoms with Gasteiger partial charge in [0.15, 0.2) is 18.8 Å². The monoisotopic (exact) mass is 529 g/mol. The molecule has 0 unspecified atom stereocenters. The van der Waals surface area contributed by atoms with Crippen LogP contribution >= 0.6 is 11.6 Å². The van der Waals surface area contributed by atoms with Crippen molar-refractivity contribution in [1.29, 1.82) is 0 Å². The minimum atomic E-state index is -1.52. The summed E-state index contributed by atoms with van der Waals surface area (Å²) in [5.41, 5.74) is 0.681. The highest BCUT2D eigenvalue weighted by Crippen LogP contribution is 2.28. The smallest absolute Gasteiger partial charge is 0.346 e. The fraction of sp³-hybridized carbons (Fsp3) is 0.522. The fourth-order valence-electron chi connectivity index (χ4n) is 3.47. The number of hydrogen-bond donors (Lipinski definition) is 1. The molecule has 0 saturated carbocycles. The van der Waals surface area contributed by atoms with Crippen molar-refractivity contribution >= 4 is 41.4 Å². The van der Waals surface area contributed by atoms with Gasteiger partial charge in [0.2, 0.25) is 12.2 Å². The predicted octanol–water partition coefficient (Wildman–Crippen LogP) is 1.23. The number of carbonyl (C=O) groups excluding carboxylic acids is 5. The molecular weight excluding hydrogens is 502 g/mol. The van der Waals surface area contributed by atoms with Crippen molar-refractivity contribution < 1.29 is 52.4 Å². The van der Waals surface area contributed by atoms with Gasteiger partial charge in [0.25, 0.3) is 0 Å². The number of halogens is 1. The summed E-state index contributed by atoms with van der Waals surface area (Å²) in [6.45, 7) is 5.34. The van der Waals surface area contributed by atoms with E-state index in [0.717, 1.165) is 20.8 Å². The summed E-state index contributed by atoms with van der Waals surface area (Å²) in [6.07, 6.45) is -5.37. The van der Waals surface area contributed by atoms with Gasteiger partial charge < -0.3 is 33.7 Å². The van der Waals surface area contributed by atoms with Gasteiger partial charge in [-0.3, -0.25) is 19.2 Å². The van der Waals surface area contributed by atoms with Crippen molar-refractivity contribution in [3.8, 4) is 5.75 Å². The van der Waals surface area contributed by atoms with Crippen LogP contribution in [0.5, 0.6) is 5.75 Å². The number of amides is 1. The molecule has 0 bridgehead atoms. The molecule has 1 N–H and O–H groups in total. The molecule has 1 heterocycles. The average Bonchev–Trinajstić information content (AvgIpc) is 2.75. The normalized spacial score (nSPS) is 23.1. The number of rotatable bonds is 9. The Hall–Kier alpha value is -3.38. The van der Waals surface area contributed by atoms with Gasteiger partial charge in [-0.25, -0.2) is 4.79 Å². The largest absolute Gasteiger partial charge is 0.482 e. The maximum absolute atomic E-state index is 12.6. The van der Waals surface area contributed by atoms with E-state index in [1.54, 1.807) is 25.1 Å². The van der Waals surface area contributed by atoms with Crippen LogP contribution in [0.2, 0.25) is 5.02 Å². The van der Waals surface area contributed by atoms with E-state index in [2.05, 4.69) is 5.32 Å². The van der Waals surface area contributed by atoms with E-state index in [4.69, 9.17) is 40.0 Å². The molecule has 1 saturated heterocycles. The van der Waals surface area contributed by atoms with Gasteiger partial charge in [0, 0.05) is 32.7 Å². The first-order valence-corrected chi connectivity index (χ1v) is 11.2. The van der Waals surface area contributed by atoms with Gasteiger partial charge in [0.05, 0.1) is 0 Å². The molecule has 12 nitrogen and oxygen atoms in total. The summed E-state index contributed by atoms with van der Waals surface area (Å²) in [5, 5.41) is 2.99. The van der Waals surface area contributed by atoms with Crippen LogP contribution in [0, 0.1) is 6.92 Å². The Morgan fingerprint density at radius 2 is 1.58 bits per heavy atom. The third-order valence-corrected chi connectivity index (χ3v) is 5.04. The van der Waals surface area contributed by atoms with Crippen molar-refractivity contribution in [2.45, 2.75) is 65.3 Å². The standard InChI is InChI=1S/C23H28ClNO11/c1-11-8-16(24)6-7-17(11)32-10-19(30)36-23-20(25-12(2)26)22(34-15(5)29)21(33-14(4)28)18(35-23)9-31-13(3)27/h6-8,18,20-23H,9-10H2,1-5H3,(H,25,26)/t18-,20+,21-,22+,23+/m1/s1. The molecule has 1 amide bonds. The molecule has 13 heteroatoms. The minimum absolute atomic E-state index is 0.389. The molecule has 0 aliphatic carbocycles. The molecular formula is C23H28ClNO11. The number of carbonyl (C=O) groups is 5. The number of hydrogen-bond acceptors (Lipinski definition) is 11. The van der Waals surface area contributed by atoms with Crippen LogP contribution in [0.15, 0.2) is 18.2 Å². The van der Waals surface area contributed by atoms with Crippen LogP contribution in [-0.4, -0.2) is 73.6 Å². The molecule has 2 rings (SSSR count). The zero-order valence-electron chi connectivity index (χ0n) is 20.4. The van der Waals surface area contributed by atoms with Crippen LogP contribution in [-0.2, 0) is 47.7 Å². The number of aryl methyl sites for hydroxylation is 1. The van der Waals surface area contributed by atoms with Gasteiger partial charge in [-0.15, -0.1) is 0 Å². The maximum Gasteiger partial charge on any atom is 0.346 e. The maximum atomic E-state index is 12.6. The van der Waals surface area contributed by atoms with E-state index in [9.17, 15) is 24.0 Å². The molecule has 1 aliphatic rings. The molecule has 0 spiro atoms. The van der Waals surface area contributed by atoms with Gasteiger partial charge in [-0.1, -0.05) is 11.6 Å². The Morgan fingerprint density at radius 3 is 2.14 bits per heavy atom. The summed E-state index contributed by atoms with van der Waals surface area (Å²) in [7, 11) is 0. The van der Waals surface area contributed by atoms with E-state index in [1.807, 2.05) is 0 Å². The van der Waals surface area contributed by atoms with Gasteiger partial charge >= 0.3 is 23.9 Å². The average molecular weight is 530 g/mol. The van der Waals surface area contributed by atoms with Gasteiger partial charge in [0.1, 0.15) is 24.5 Å². The number of nitrogens with one attached hydrogen (secondary N) is 1. The predicted molar refractivity (Wildman–Crippen MR) is 122 cm³/mol. The molecule has 5 atom stereocenters. The van der Waals surface area contributed by atoms with E-state index in [-0.39, 0.29) is 0 Å². The van der Waals surface area contributed by atoms with Crippen LogP contribution in [0.1, 0.15) is 33.3 Å². The Labute approximate surface area is 212 Å². The lowest BCUT2D eigenvalue weighted by Crippen LogP contribution is -2.66. The molecule has 1 aliphatic heterocycles. The lowest BCUT2D eigenvalue weighted by molar-refractivity contribution is -0.272. The zero-order chi connectivity index (χ0) is 27.0. The number of benzene rings is 1. The van der Waals surface area contributed by atoms with Crippen molar-refractivity contribution in [2.75, 3.05) is 13.2 Å². The SMILES string of the molecule is CC(=O)N[C@@H]1[C@H](OC(=O)COc2ccc(Cl)cc2C)O[C@H](COC(C)=O)[C@@H](OC(C)=O)[C@H]1OC(C)=O. The highest BCUT2D eigenvalue weighted by Gasteiger charge is 2.52. The number of esters is 4. The Kier molecular flexibility index (Phi) is 10.5. The molecule has 198 valence electrons. The van der Waals surface area contributed by atoms with E-state index >= 15 is 0 Å². The molecule has 1 fully saturated rings. The molecule has 36 heavy (non-hydrogen) atoms. The summed E-state index contributed by atoms with van der Waals surface area (Å²) in [6, 6.07) is 3.55. The first-order chi connectivity index (χ1) is 16.9. The van der Waals surface area contributed by atoms with Crippen molar-refractivity contribution in [1.82, 2.24) is 5.32 Å². The van der Waals surface area contributed by atoms with Crippen molar-refractivity contribution in [3.63, 3.8) is 0 Å². The summed E-state index contributed by atoms with van der Waals surface area (Å²) in [5.74, 6) is -3.25. The van der Waals surface area contributed by atoms with Gasteiger partial charge in [-0.05, 0) is 30.7 Å². The Bertz CT molecular complexity index is 998. The highest BCUT2D eigenvalue weighted by molar-refractivity contribution is 6.30. The molecule has 1 aromatic carbocycles. The van der Waals surface area contributed by atoms with Gasteiger partial charge in [-0.2, -0.15) is 0 Å². The number of ether oxygens (including phenoxy) is 6. The summed E-state index contributed by atoms with van der Waals surface area (Å²) >= 11 is 5.92. The summed E-state index contributed by atoms with van der Waals surface area (Å²) < 4.78 is 32.2. The van der Waals surface area contributed by atoms with E-state index in [1.165, 1.54) is 6.92 Å². The molecule has 1 aromatic rings. The highest BCUT2D eigenvalue weighted by atomic mass is 35.5. The first-order valence-electron chi connectivity index (χ1n) is 10.9.